The maximum absolute atomic E-state index is 14.2. The number of aryl methyl sites for hydroxylation is 2. The number of hydrogen-bond acceptors (Lipinski definition) is 0. The molecular weight excluding hydrogens is 993 g/mol. The minimum Gasteiger partial charge on any atom is -0.309 e. The van der Waals surface area contributed by atoms with Crippen molar-refractivity contribution >= 4 is 21.8 Å². The van der Waals surface area contributed by atoms with Gasteiger partial charge in [-0.15, -0.1) is 0 Å². The Morgan fingerprint density at radius 1 is 0.278 bits per heavy atom. The van der Waals surface area contributed by atoms with Gasteiger partial charge in [0.05, 0.1) is 27.8 Å². The van der Waals surface area contributed by atoms with Crippen molar-refractivity contribution < 1.29 is 26.3 Å². The second kappa shape index (κ2) is 19.8. The summed E-state index contributed by atoms with van der Waals surface area (Å²) in [6.07, 6.45) is -9.22. The van der Waals surface area contributed by atoms with Crippen molar-refractivity contribution in [2.45, 2.75) is 78.6 Å². The van der Waals surface area contributed by atoms with E-state index in [4.69, 9.17) is 0 Å². The summed E-state index contributed by atoms with van der Waals surface area (Å²) < 4.78 is 87.7. The minimum atomic E-state index is -4.61. The highest BCUT2D eigenvalue weighted by molar-refractivity contribution is 6.12. The molecule has 0 aliphatic heterocycles. The smallest absolute Gasteiger partial charge is 0.309 e. The Balaban J connectivity index is 1.18. The zero-order chi connectivity index (χ0) is 55.8. The predicted octanol–water partition coefficient (Wildman–Crippen LogP) is 21.7. The summed E-state index contributed by atoms with van der Waals surface area (Å²) in [6.45, 7) is 17.6. The second-order valence-electron chi connectivity index (χ2n) is 23.1. The van der Waals surface area contributed by atoms with E-state index in [9.17, 15) is 26.3 Å². The first kappa shape index (κ1) is 52.6. The molecule has 0 aliphatic rings. The predicted molar refractivity (Wildman–Crippen MR) is 316 cm³/mol. The van der Waals surface area contributed by atoms with E-state index in [2.05, 4.69) is 199 Å². The number of benzene rings is 10. The highest BCUT2D eigenvalue weighted by Crippen LogP contribution is 2.45. The van der Waals surface area contributed by atoms with Gasteiger partial charge in [0.2, 0.25) is 0 Å². The second-order valence-corrected chi connectivity index (χ2v) is 23.1. The minimum absolute atomic E-state index is 0.125. The van der Waals surface area contributed by atoms with Crippen molar-refractivity contribution in [2.75, 3.05) is 0 Å². The molecule has 1 aromatic heterocycles. The summed E-state index contributed by atoms with van der Waals surface area (Å²) in [5.41, 5.74) is 17.1. The summed E-state index contributed by atoms with van der Waals surface area (Å²) in [7, 11) is 0. The number of para-hydroxylation sites is 1. The Hall–Kier alpha value is -8.42. The summed E-state index contributed by atoms with van der Waals surface area (Å²) in [4.78, 5) is 0. The maximum atomic E-state index is 14.2. The Bertz CT molecular complexity index is 3980. The zero-order valence-corrected chi connectivity index (χ0v) is 45.4. The fourth-order valence-corrected chi connectivity index (χ4v) is 10.9. The van der Waals surface area contributed by atoms with Crippen LogP contribution >= 0.6 is 0 Å². The van der Waals surface area contributed by atoms with Crippen molar-refractivity contribution in [3.63, 3.8) is 0 Å². The van der Waals surface area contributed by atoms with Gasteiger partial charge in [-0.2, -0.15) is 26.3 Å². The average molecular weight is 1050 g/mol. The normalized spacial score (nSPS) is 12.4. The van der Waals surface area contributed by atoms with Crippen LogP contribution in [0.15, 0.2) is 212 Å². The molecule has 10 aromatic carbocycles. The van der Waals surface area contributed by atoms with Gasteiger partial charge in [-0.3, -0.25) is 0 Å². The van der Waals surface area contributed by atoms with Crippen LogP contribution in [-0.2, 0) is 23.2 Å². The van der Waals surface area contributed by atoms with Crippen LogP contribution < -0.4 is 0 Å². The molecule has 1 nitrogen and oxygen atoms in total. The largest absolute Gasteiger partial charge is 0.416 e. The van der Waals surface area contributed by atoms with Crippen molar-refractivity contribution in [3.05, 3.63) is 246 Å². The van der Waals surface area contributed by atoms with Gasteiger partial charge in [-0.1, -0.05) is 174 Å². The fraction of sp³-hybridized carbons (Fsp3) is 0.167. The molecule has 0 radical (unpaired) electrons. The Labute approximate surface area is 458 Å². The molecule has 0 N–H and O–H groups in total. The van der Waals surface area contributed by atoms with E-state index in [0.717, 1.165) is 113 Å². The van der Waals surface area contributed by atoms with Gasteiger partial charge in [0.25, 0.3) is 0 Å². The third-order valence-corrected chi connectivity index (χ3v) is 15.2. The number of alkyl halides is 6. The highest BCUT2D eigenvalue weighted by Gasteiger charge is 2.32. The van der Waals surface area contributed by atoms with E-state index >= 15 is 0 Å². The molecule has 1 heterocycles. The van der Waals surface area contributed by atoms with Gasteiger partial charge >= 0.3 is 12.4 Å². The molecule has 11 aromatic rings. The van der Waals surface area contributed by atoms with Crippen LogP contribution in [0.1, 0.15) is 74.9 Å². The van der Waals surface area contributed by atoms with Crippen LogP contribution in [0, 0.1) is 13.8 Å². The number of rotatable bonds is 8. The molecule has 0 fully saturated rings. The molecule has 0 aliphatic carbocycles. The lowest BCUT2D eigenvalue weighted by Crippen LogP contribution is -2.16. The van der Waals surface area contributed by atoms with Crippen LogP contribution in [0.3, 0.4) is 0 Å². The molecule has 0 unspecified atom stereocenters. The quantitative estimate of drug-likeness (QED) is 0.134. The molecule has 0 atom stereocenters. The lowest BCUT2D eigenvalue weighted by Gasteiger charge is -2.27. The van der Waals surface area contributed by atoms with Gasteiger partial charge in [0.1, 0.15) is 0 Å². The topological polar surface area (TPSA) is 4.93 Å². The molecule has 79 heavy (non-hydrogen) atoms. The number of halogens is 6. The highest BCUT2D eigenvalue weighted by atomic mass is 19.4. The van der Waals surface area contributed by atoms with Crippen LogP contribution in [0.4, 0.5) is 26.3 Å². The van der Waals surface area contributed by atoms with Crippen molar-refractivity contribution in [3.8, 4) is 83.6 Å². The molecule has 0 bridgehead atoms. The molecule has 0 saturated carbocycles. The lowest BCUT2D eigenvalue weighted by molar-refractivity contribution is -0.138. The van der Waals surface area contributed by atoms with Crippen LogP contribution in [0.25, 0.3) is 105 Å². The molecule has 394 valence electrons. The summed E-state index contributed by atoms with van der Waals surface area (Å²) in [6, 6.07) is 67.5. The lowest BCUT2D eigenvalue weighted by atomic mass is 9.79. The SMILES string of the molecule is Cc1cccc(-c2cc(-c3cccc(C)c3)cc(-c3ccc4c(c3)c3cc(-c5cc(-c6cccc(C(F)(F)F)c6)cc(-c6cccc(C(F)(F)F)c6)c5)ccc3n4-c3ccccc3-c3cc(C(C)(C)C)cc(C(C)(C)C)c3)c2)c1. The van der Waals surface area contributed by atoms with E-state index in [1.54, 1.807) is 18.2 Å². The first-order valence-electron chi connectivity index (χ1n) is 26.6. The molecule has 11 rings (SSSR count). The third-order valence-electron chi connectivity index (χ3n) is 15.2. The molecule has 7 heteroatoms. The number of fused-ring (bicyclic) bond motifs is 3. The van der Waals surface area contributed by atoms with Gasteiger partial charge in [0.15, 0.2) is 0 Å². The first-order chi connectivity index (χ1) is 37.4. The van der Waals surface area contributed by atoms with Crippen LogP contribution in [0.2, 0.25) is 0 Å². The Kier molecular flexibility index (Phi) is 13.2. The Morgan fingerprint density at radius 2 is 0.620 bits per heavy atom. The van der Waals surface area contributed by atoms with Crippen LogP contribution in [-0.4, -0.2) is 4.57 Å². The van der Waals surface area contributed by atoms with E-state index < -0.39 is 23.5 Å². The van der Waals surface area contributed by atoms with Gasteiger partial charge in [-0.25, -0.2) is 0 Å². The van der Waals surface area contributed by atoms with E-state index in [1.165, 1.54) is 23.3 Å². The van der Waals surface area contributed by atoms with E-state index in [0.29, 0.717) is 16.7 Å². The number of nitrogens with zero attached hydrogens (tertiary/aromatic N) is 1. The first-order valence-corrected chi connectivity index (χ1v) is 26.6. The van der Waals surface area contributed by atoms with Crippen molar-refractivity contribution in [1.82, 2.24) is 4.57 Å². The summed E-state index contributed by atoms with van der Waals surface area (Å²) in [5, 5.41) is 1.88. The molecular formula is C72H59F6N. The van der Waals surface area contributed by atoms with Gasteiger partial charge in [0, 0.05) is 16.3 Å². The zero-order valence-electron chi connectivity index (χ0n) is 45.4. The summed E-state index contributed by atoms with van der Waals surface area (Å²) in [5.74, 6) is 0. The molecule has 0 spiro atoms. The monoisotopic (exact) mass is 1050 g/mol. The van der Waals surface area contributed by atoms with Crippen molar-refractivity contribution in [2.24, 2.45) is 0 Å². The van der Waals surface area contributed by atoms with E-state index in [-0.39, 0.29) is 22.0 Å². The average Bonchev–Trinajstić information content (AvgIpc) is 3.90. The van der Waals surface area contributed by atoms with Crippen LogP contribution in [0.5, 0.6) is 0 Å². The number of hydrogen-bond donors (Lipinski definition) is 0. The third kappa shape index (κ3) is 10.7. The standard InChI is InChI=1S/C72H59F6N/c1-44-15-11-17-46(29-44)52-31-53(47-18-12-16-45(2)30-47)33-56(32-52)50-25-27-67-64(41-50)65-42-51(26-28-68(65)79(67)66-24-10-9-23-63(66)58-39-61(69(3,4)5)43-62(40-58)70(6,7)8)57-35-54(48-19-13-21-59(37-48)71(73,74)75)34-55(36-57)49-20-14-22-60(38-49)72(76,77)78/h9-43H,1-8H3. The molecule has 0 amide bonds. The maximum Gasteiger partial charge on any atom is 0.416 e. The van der Waals surface area contributed by atoms with Gasteiger partial charge < -0.3 is 4.57 Å². The van der Waals surface area contributed by atoms with Gasteiger partial charge in [-0.05, 0) is 199 Å². The number of aromatic nitrogens is 1. The fourth-order valence-electron chi connectivity index (χ4n) is 10.9. The Morgan fingerprint density at radius 3 is 0.987 bits per heavy atom. The molecule has 0 saturated heterocycles. The van der Waals surface area contributed by atoms with Crippen molar-refractivity contribution in [1.29, 1.82) is 0 Å². The summed E-state index contributed by atoms with van der Waals surface area (Å²) >= 11 is 0. The van der Waals surface area contributed by atoms with E-state index in [1.807, 2.05) is 18.2 Å².